The first kappa shape index (κ1) is 14.7. The Balaban J connectivity index is 1.82. The Morgan fingerprint density at radius 3 is 2.35 bits per heavy atom. The molecular formula is C14H17ClN2O3. The zero-order valence-electron chi connectivity index (χ0n) is 11.3. The molecule has 0 aliphatic carbocycles. The van der Waals surface area contributed by atoms with Crippen molar-refractivity contribution in [1.82, 2.24) is 9.80 Å². The summed E-state index contributed by atoms with van der Waals surface area (Å²) in [4.78, 5) is 26.7. The molecule has 0 radical (unpaired) electrons. The molecule has 0 saturated carbocycles. The molecule has 108 valence electrons. The van der Waals surface area contributed by atoms with Gasteiger partial charge in [-0.05, 0) is 12.1 Å². The van der Waals surface area contributed by atoms with Crippen LogP contribution in [0.25, 0.3) is 0 Å². The third-order valence-electron chi connectivity index (χ3n) is 3.27. The predicted molar refractivity (Wildman–Crippen MR) is 75.8 cm³/mol. The molecule has 0 atom stereocenters. The summed E-state index contributed by atoms with van der Waals surface area (Å²) in [5.41, 5.74) is 0. The number of hydrogen-bond donors (Lipinski definition) is 0. The van der Waals surface area contributed by atoms with Crippen molar-refractivity contribution < 1.29 is 14.3 Å². The van der Waals surface area contributed by atoms with E-state index in [0.29, 0.717) is 37.0 Å². The van der Waals surface area contributed by atoms with E-state index in [2.05, 4.69) is 0 Å². The number of para-hydroxylation sites is 1. The second kappa shape index (κ2) is 6.61. The summed E-state index contributed by atoms with van der Waals surface area (Å²) >= 11 is 5.95. The maximum Gasteiger partial charge on any atom is 0.260 e. The van der Waals surface area contributed by atoms with E-state index >= 15 is 0 Å². The zero-order valence-corrected chi connectivity index (χ0v) is 12.1. The Morgan fingerprint density at radius 2 is 1.75 bits per heavy atom. The second-order valence-electron chi connectivity index (χ2n) is 4.61. The molecule has 0 bridgehead atoms. The van der Waals surface area contributed by atoms with Crippen molar-refractivity contribution in [2.24, 2.45) is 0 Å². The van der Waals surface area contributed by atoms with Crippen molar-refractivity contribution >= 4 is 23.4 Å². The lowest BCUT2D eigenvalue weighted by Gasteiger charge is -2.34. The number of piperazine rings is 1. The van der Waals surface area contributed by atoms with Gasteiger partial charge in [-0.1, -0.05) is 23.7 Å². The maximum absolute atomic E-state index is 12.0. The van der Waals surface area contributed by atoms with Gasteiger partial charge in [0.25, 0.3) is 5.91 Å². The topological polar surface area (TPSA) is 49.9 Å². The predicted octanol–water partition coefficient (Wildman–Crippen LogP) is 1.41. The number of hydrogen-bond acceptors (Lipinski definition) is 3. The van der Waals surface area contributed by atoms with E-state index in [9.17, 15) is 9.59 Å². The lowest BCUT2D eigenvalue weighted by Crippen LogP contribution is -2.51. The molecule has 1 heterocycles. The van der Waals surface area contributed by atoms with Gasteiger partial charge in [-0.3, -0.25) is 9.59 Å². The molecule has 0 aromatic heterocycles. The number of benzene rings is 1. The summed E-state index contributed by atoms with van der Waals surface area (Å²) in [6, 6.07) is 7.05. The van der Waals surface area contributed by atoms with Gasteiger partial charge >= 0.3 is 0 Å². The van der Waals surface area contributed by atoms with E-state index in [1.807, 2.05) is 0 Å². The summed E-state index contributed by atoms with van der Waals surface area (Å²) in [5, 5.41) is 0.488. The van der Waals surface area contributed by atoms with Gasteiger partial charge < -0.3 is 14.5 Å². The Labute approximate surface area is 123 Å². The minimum Gasteiger partial charge on any atom is -0.482 e. The fraction of sp³-hybridized carbons (Fsp3) is 0.429. The lowest BCUT2D eigenvalue weighted by atomic mass is 10.3. The fourth-order valence-corrected chi connectivity index (χ4v) is 2.25. The van der Waals surface area contributed by atoms with Gasteiger partial charge in [-0.2, -0.15) is 0 Å². The third-order valence-corrected chi connectivity index (χ3v) is 3.58. The van der Waals surface area contributed by atoms with Gasteiger partial charge in [-0.15, -0.1) is 0 Å². The number of carbonyl (C=O) groups is 2. The third kappa shape index (κ3) is 3.63. The Bertz CT molecular complexity index is 499. The van der Waals surface area contributed by atoms with E-state index < -0.39 is 0 Å². The van der Waals surface area contributed by atoms with E-state index in [-0.39, 0.29) is 18.4 Å². The first-order valence-electron chi connectivity index (χ1n) is 6.48. The van der Waals surface area contributed by atoms with Crippen LogP contribution >= 0.6 is 11.6 Å². The second-order valence-corrected chi connectivity index (χ2v) is 5.01. The van der Waals surface area contributed by atoms with Crippen molar-refractivity contribution in [1.29, 1.82) is 0 Å². The van der Waals surface area contributed by atoms with Crippen LogP contribution in [0.1, 0.15) is 6.92 Å². The van der Waals surface area contributed by atoms with Crippen LogP contribution in [0.15, 0.2) is 24.3 Å². The maximum atomic E-state index is 12.0. The molecule has 1 aromatic rings. The molecule has 2 amide bonds. The van der Waals surface area contributed by atoms with Crippen LogP contribution in [0.5, 0.6) is 5.75 Å². The molecule has 1 aromatic carbocycles. The quantitative estimate of drug-likeness (QED) is 0.847. The van der Waals surface area contributed by atoms with Crippen LogP contribution in [-0.4, -0.2) is 54.4 Å². The lowest BCUT2D eigenvalue weighted by molar-refractivity contribution is -0.139. The normalized spacial score (nSPS) is 15.1. The smallest absolute Gasteiger partial charge is 0.260 e. The Kier molecular flexibility index (Phi) is 4.84. The number of rotatable bonds is 3. The van der Waals surface area contributed by atoms with Gasteiger partial charge in [0.15, 0.2) is 6.61 Å². The molecule has 1 aliphatic rings. The van der Waals surface area contributed by atoms with E-state index in [4.69, 9.17) is 16.3 Å². The Morgan fingerprint density at radius 1 is 1.15 bits per heavy atom. The van der Waals surface area contributed by atoms with Crippen LogP contribution in [0.2, 0.25) is 5.02 Å². The zero-order chi connectivity index (χ0) is 14.5. The number of carbonyl (C=O) groups excluding carboxylic acids is 2. The van der Waals surface area contributed by atoms with Gasteiger partial charge in [0.2, 0.25) is 5.91 Å². The average Bonchev–Trinajstić information content (AvgIpc) is 2.46. The average molecular weight is 297 g/mol. The summed E-state index contributed by atoms with van der Waals surface area (Å²) in [7, 11) is 0. The number of halogens is 1. The highest BCUT2D eigenvalue weighted by Gasteiger charge is 2.22. The van der Waals surface area contributed by atoms with Crippen LogP contribution in [-0.2, 0) is 9.59 Å². The highest BCUT2D eigenvalue weighted by molar-refractivity contribution is 6.32. The van der Waals surface area contributed by atoms with Gasteiger partial charge in [-0.25, -0.2) is 0 Å². The van der Waals surface area contributed by atoms with E-state index in [0.717, 1.165) is 0 Å². The Hall–Kier alpha value is -1.75. The fourth-order valence-electron chi connectivity index (χ4n) is 2.06. The summed E-state index contributed by atoms with van der Waals surface area (Å²) in [6.45, 7) is 3.75. The molecule has 6 heteroatoms. The highest BCUT2D eigenvalue weighted by Crippen LogP contribution is 2.23. The van der Waals surface area contributed by atoms with Crippen molar-refractivity contribution in [3.05, 3.63) is 29.3 Å². The molecular weight excluding hydrogens is 280 g/mol. The summed E-state index contributed by atoms with van der Waals surface area (Å²) in [5.74, 6) is 0.461. The SMILES string of the molecule is CC(=O)N1CCN(C(=O)COc2ccccc2Cl)CC1. The molecule has 5 nitrogen and oxygen atoms in total. The largest absolute Gasteiger partial charge is 0.482 e. The van der Waals surface area contributed by atoms with E-state index in [1.54, 1.807) is 34.1 Å². The van der Waals surface area contributed by atoms with Crippen molar-refractivity contribution in [2.45, 2.75) is 6.92 Å². The summed E-state index contributed by atoms with van der Waals surface area (Å²) < 4.78 is 5.42. The molecule has 1 fully saturated rings. The standard InChI is InChI=1S/C14H17ClN2O3/c1-11(18)16-6-8-17(9-7-16)14(19)10-20-13-5-3-2-4-12(13)15/h2-5H,6-10H2,1H3. The van der Waals surface area contributed by atoms with Gasteiger partial charge in [0.1, 0.15) is 5.75 Å². The number of ether oxygens (including phenoxy) is 1. The van der Waals surface area contributed by atoms with Crippen molar-refractivity contribution in [3.63, 3.8) is 0 Å². The molecule has 2 rings (SSSR count). The molecule has 0 unspecified atom stereocenters. The van der Waals surface area contributed by atoms with Crippen LogP contribution in [0, 0.1) is 0 Å². The summed E-state index contributed by atoms with van der Waals surface area (Å²) in [6.07, 6.45) is 0. The number of amides is 2. The van der Waals surface area contributed by atoms with Crippen LogP contribution < -0.4 is 4.74 Å². The van der Waals surface area contributed by atoms with E-state index in [1.165, 1.54) is 6.92 Å². The molecule has 1 saturated heterocycles. The molecule has 0 spiro atoms. The minimum absolute atomic E-state index is 0.0379. The first-order valence-corrected chi connectivity index (χ1v) is 6.86. The molecule has 0 N–H and O–H groups in total. The van der Waals surface area contributed by atoms with Gasteiger partial charge in [0.05, 0.1) is 5.02 Å². The molecule has 20 heavy (non-hydrogen) atoms. The molecule has 1 aliphatic heterocycles. The van der Waals surface area contributed by atoms with Crippen molar-refractivity contribution in [2.75, 3.05) is 32.8 Å². The van der Waals surface area contributed by atoms with Gasteiger partial charge in [0, 0.05) is 33.1 Å². The highest BCUT2D eigenvalue weighted by atomic mass is 35.5. The van der Waals surface area contributed by atoms with Crippen LogP contribution in [0.4, 0.5) is 0 Å². The minimum atomic E-state index is -0.0897. The first-order chi connectivity index (χ1) is 9.58. The van der Waals surface area contributed by atoms with Crippen molar-refractivity contribution in [3.8, 4) is 5.75 Å². The number of nitrogens with zero attached hydrogens (tertiary/aromatic N) is 2. The van der Waals surface area contributed by atoms with Crippen LogP contribution in [0.3, 0.4) is 0 Å². The monoisotopic (exact) mass is 296 g/mol.